The molecule has 0 radical (unpaired) electrons. The van der Waals surface area contributed by atoms with Crippen LogP contribution in [0.3, 0.4) is 0 Å². The highest BCUT2D eigenvalue weighted by Gasteiger charge is 2.21. The van der Waals surface area contributed by atoms with Gasteiger partial charge in [0.25, 0.3) is 0 Å². The van der Waals surface area contributed by atoms with Crippen LogP contribution in [-0.4, -0.2) is 5.11 Å². The van der Waals surface area contributed by atoms with Gasteiger partial charge in [-0.15, -0.1) is 0 Å². The van der Waals surface area contributed by atoms with Crippen molar-refractivity contribution in [3.8, 4) is 0 Å². The average Bonchev–Trinajstić information content (AvgIpc) is 2.85. The van der Waals surface area contributed by atoms with Crippen LogP contribution >= 0.6 is 11.6 Å². The van der Waals surface area contributed by atoms with Crippen LogP contribution in [0.15, 0.2) is 40.8 Å². The minimum atomic E-state index is -1.52. The van der Waals surface area contributed by atoms with E-state index in [4.69, 9.17) is 16.0 Å². The fourth-order valence-corrected chi connectivity index (χ4v) is 2.22. The molecule has 3 rings (SSSR count). The van der Waals surface area contributed by atoms with Gasteiger partial charge in [-0.2, -0.15) is 0 Å². The maximum atomic E-state index is 13.8. The fourth-order valence-electron chi connectivity index (χ4n) is 2.07. The molecule has 0 amide bonds. The first-order valence-electron chi connectivity index (χ1n) is 5.97. The Kier molecular flexibility index (Phi) is 3.39. The molecule has 0 saturated heterocycles. The first kappa shape index (κ1) is 14.0. The van der Waals surface area contributed by atoms with Crippen molar-refractivity contribution in [3.63, 3.8) is 0 Å². The maximum Gasteiger partial charge on any atom is 0.142 e. The number of halogens is 4. The molecule has 6 heteroatoms. The van der Waals surface area contributed by atoms with Crippen molar-refractivity contribution in [1.29, 1.82) is 0 Å². The molecule has 0 spiro atoms. The lowest BCUT2D eigenvalue weighted by Gasteiger charge is -2.10. The van der Waals surface area contributed by atoms with E-state index in [0.717, 1.165) is 12.1 Å². The van der Waals surface area contributed by atoms with Gasteiger partial charge in [0, 0.05) is 10.9 Å². The molecule has 1 atom stereocenters. The summed E-state index contributed by atoms with van der Waals surface area (Å²) in [5, 5.41) is 10.2. The third-order valence-corrected chi connectivity index (χ3v) is 3.39. The summed E-state index contributed by atoms with van der Waals surface area (Å²) in [6.45, 7) is 0. The minimum absolute atomic E-state index is 0.0174. The lowest BCUT2D eigenvalue weighted by Crippen LogP contribution is -2.02. The van der Waals surface area contributed by atoms with Gasteiger partial charge >= 0.3 is 0 Å². The predicted octanol–water partition coefficient (Wildman–Crippen LogP) is 4.59. The standard InChI is InChI=1S/C15H8ClF3O2/c16-10-6-11(18)9(5-12(10)19)15(20)14-4-7-3-8(17)1-2-13(7)21-14/h1-6,15,20H. The SMILES string of the molecule is OC(c1cc2cc(F)ccc2o1)c1cc(F)c(Cl)cc1F. The van der Waals surface area contributed by atoms with Gasteiger partial charge < -0.3 is 9.52 Å². The summed E-state index contributed by atoms with van der Waals surface area (Å²) in [5.41, 5.74) is 0.0247. The normalized spacial score (nSPS) is 12.8. The van der Waals surface area contributed by atoms with Crippen LogP contribution in [-0.2, 0) is 0 Å². The summed E-state index contributed by atoms with van der Waals surface area (Å²) in [4.78, 5) is 0. The Labute approximate surface area is 122 Å². The van der Waals surface area contributed by atoms with Crippen LogP contribution in [0.2, 0.25) is 5.02 Å². The smallest absolute Gasteiger partial charge is 0.142 e. The number of benzene rings is 2. The number of fused-ring (bicyclic) bond motifs is 1. The second-order valence-electron chi connectivity index (χ2n) is 4.52. The van der Waals surface area contributed by atoms with Crippen molar-refractivity contribution in [1.82, 2.24) is 0 Å². The first-order chi connectivity index (χ1) is 9.95. The predicted molar refractivity (Wildman–Crippen MR) is 71.6 cm³/mol. The van der Waals surface area contributed by atoms with Crippen molar-refractivity contribution >= 4 is 22.6 Å². The van der Waals surface area contributed by atoms with Crippen LogP contribution in [0, 0.1) is 17.5 Å². The molecule has 0 aliphatic heterocycles. The molecule has 2 nitrogen and oxygen atoms in total. The average molecular weight is 313 g/mol. The molecule has 1 heterocycles. The highest BCUT2D eigenvalue weighted by atomic mass is 35.5. The molecule has 0 saturated carbocycles. The largest absolute Gasteiger partial charge is 0.458 e. The van der Waals surface area contributed by atoms with Crippen LogP contribution in [0.25, 0.3) is 11.0 Å². The molecule has 3 aromatic rings. The van der Waals surface area contributed by atoms with Crippen LogP contribution < -0.4 is 0 Å². The van der Waals surface area contributed by atoms with Gasteiger partial charge in [0.1, 0.15) is 34.9 Å². The Bertz CT molecular complexity index is 829. The Balaban J connectivity index is 2.07. The fraction of sp³-hybridized carbons (Fsp3) is 0.0667. The van der Waals surface area contributed by atoms with Gasteiger partial charge in [-0.3, -0.25) is 0 Å². The first-order valence-corrected chi connectivity index (χ1v) is 6.35. The van der Waals surface area contributed by atoms with Crippen molar-refractivity contribution in [2.75, 3.05) is 0 Å². The second kappa shape index (κ2) is 5.09. The Hall–Kier alpha value is -1.98. The van der Waals surface area contributed by atoms with E-state index in [9.17, 15) is 18.3 Å². The van der Waals surface area contributed by atoms with E-state index in [2.05, 4.69) is 0 Å². The maximum absolute atomic E-state index is 13.8. The molecular weight excluding hydrogens is 305 g/mol. The molecule has 1 N–H and O–H groups in total. The van der Waals surface area contributed by atoms with E-state index in [1.54, 1.807) is 0 Å². The van der Waals surface area contributed by atoms with Crippen molar-refractivity contribution < 1.29 is 22.7 Å². The van der Waals surface area contributed by atoms with Crippen molar-refractivity contribution in [2.24, 2.45) is 0 Å². The Morgan fingerprint density at radius 2 is 1.76 bits per heavy atom. The summed E-state index contributed by atoms with van der Waals surface area (Å²) in [5.74, 6) is -2.20. The van der Waals surface area contributed by atoms with Gasteiger partial charge in [0.2, 0.25) is 0 Å². The van der Waals surface area contributed by atoms with Crippen LogP contribution in [0.1, 0.15) is 17.4 Å². The van der Waals surface area contributed by atoms with Crippen molar-refractivity contribution in [3.05, 3.63) is 70.2 Å². The Morgan fingerprint density at radius 3 is 2.52 bits per heavy atom. The van der Waals surface area contributed by atoms with Crippen molar-refractivity contribution in [2.45, 2.75) is 6.10 Å². The molecule has 0 aliphatic rings. The monoisotopic (exact) mass is 312 g/mol. The number of hydrogen-bond donors (Lipinski definition) is 1. The van der Waals surface area contributed by atoms with E-state index in [-0.39, 0.29) is 16.3 Å². The number of hydrogen-bond acceptors (Lipinski definition) is 2. The zero-order chi connectivity index (χ0) is 15.1. The number of furan rings is 1. The van der Waals surface area contributed by atoms with Gasteiger partial charge in [0.15, 0.2) is 0 Å². The lowest BCUT2D eigenvalue weighted by atomic mass is 10.1. The second-order valence-corrected chi connectivity index (χ2v) is 4.93. The molecular formula is C15H8ClF3O2. The number of aliphatic hydroxyl groups excluding tert-OH is 1. The number of rotatable bonds is 2. The zero-order valence-electron chi connectivity index (χ0n) is 10.4. The zero-order valence-corrected chi connectivity index (χ0v) is 11.2. The summed E-state index contributed by atoms with van der Waals surface area (Å²) >= 11 is 5.46. The highest BCUT2D eigenvalue weighted by Crippen LogP contribution is 2.31. The molecule has 1 aromatic heterocycles. The quantitative estimate of drug-likeness (QED) is 0.702. The third-order valence-electron chi connectivity index (χ3n) is 3.10. The highest BCUT2D eigenvalue weighted by molar-refractivity contribution is 6.30. The summed E-state index contributed by atoms with van der Waals surface area (Å²) < 4.78 is 45.6. The van der Waals surface area contributed by atoms with E-state index >= 15 is 0 Å². The van der Waals surface area contributed by atoms with Gasteiger partial charge in [-0.1, -0.05) is 11.6 Å². The summed E-state index contributed by atoms with van der Waals surface area (Å²) in [7, 11) is 0. The van der Waals surface area contributed by atoms with Gasteiger partial charge in [-0.25, -0.2) is 13.2 Å². The molecule has 2 aromatic carbocycles. The minimum Gasteiger partial charge on any atom is -0.458 e. The van der Waals surface area contributed by atoms with E-state index < -0.39 is 23.6 Å². The summed E-state index contributed by atoms with van der Waals surface area (Å²) in [6, 6.07) is 6.75. The number of aliphatic hydroxyl groups is 1. The van der Waals surface area contributed by atoms with E-state index in [1.807, 2.05) is 0 Å². The Morgan fingerprint density at radius 1 is 1.00 bits per heavy atom. The topological polar surface area (TPSA) is 33.4 Å². The van der Waals surface area contributed by atoms with Gasteiger partial charge in [-0.05, 0) is 36.4 Å². The molecule has 1 unspecified atom stereocenters. The molecule has 0 fully saturated rings. The van der Waals surface area contributed by atoms with Gasteiger partial charge in [0.05, 0.1) is 5.02 Å². The molecule has 108 valence electrons. The molecule has 0 bridgehead atoms. The molecule has 21 heavy (non-hydrogen) atoms. The third kappa shape index (κ3) is 2.50. The van der Waals surface area contributed by atoms with E-state index in [1.165, 1.54) is 24.3 Å². The van der Waals surface area contributed by atoms with E-state index in [0.29, 0.717) is 11.0 Å². The lowest BCUT2D eigenvalue weighted by molar-refractivity contribution is 0.187. The summed E-state index contributed by atoms with van der Waals surface area (Å²) in [6.07, 6.45) is -1.52. The molecule has 0 aliphatic carbocycles. The van der Waals surface area contributed by atoms with Crippen LogP contribution in [0.4, 0.5) is 13.2 Å². The van der Waals surface area contributed by atoms with Crippen LogP contribution in [0.5, 0.6) is 0 Å².